The van der Waals surface area contributed by atoms with Crippen molar-refractivity contribution in [2.75, 3.05) is 26.7 Å². The molecule has 0 aromatic heterocycles. The van der Waals surface area contributed by atoms with E-state index in [0.29, 0.717) is 6.04 Å². The van der Waals surface area contributed by atoms with Crippen LogP contribution < -0.4 is 10.6 Å². The molecule has 0 aromatic rings. The van der Waals surface area contributed by atoms with E-state index in [4.69, 9.17) is 0 Å². The van der Waals surface area contributed by atoms with Crippen LogP contribution in [0.4, 0.5) is 0 Å². The number of carbonyl (C=O) groups is 1. The van der Waals surface area contributed by atoms with Gasteiger partial charge < -0.3 is 10.6 Å². The Labute approximate surface area is 110 Å². The molecule has 1 amide bonds. The Balaban J connectivity index is 1.76. The van der Waals surface area contributed by atoms with Gasteiger partial charge in [0.25, 0.3) is 0 Å². The van der Waals surface area contributed by atoms with Crippen LogP contribution in [0.2, 0.25) is 0 Å². The van der Waals surface area contributed by atoms with Gasteiger partial charge in [0.15, 0.2) is 0 Å². The van der Waals surface area contributed by atoms with Crippen LogP contribution in [0.15, 0.2) is 0 Å². The molecule has 2 atom stereocenters. The fourth-order valence-electron chi connectivity index (χ4n) is 2.69. The minimum Gasteiger partial charge on any atom is -0.354 e. The molecule has 2 unspecified atom stereocenters. The molecule has 18 heavy (non-hydrogen) atoms. The maximum absolute atomic E-state index is 12.3. The molecule has 1 aliphatic heterocycles. The predicted molar refractivity (Wildman–Crippen MR) is 73.5 cm³/mol. The molecule has 0 spiro atoms. The first-order chi connectivity index (χ1) is 8.53. The maximum atomic E-state index is 12.3. The summed E-state index contributed by atoms with van der Waals surface area (Å²) in [6.07, 6.45) is 4.73. The van der Waals surface area contributed by atoms with Crippen LogP contribution in [0.25, 0.3) is 0 Å². The zero-order valence-corrected chi connectivity index (χ0v) is 12.0. The van der Waals surface area contributed by atoms with Crippen LogP contribution >= 0.6 is 0 Å². The summed E-state index contributed by atoms with van der Waals surface area (Å²) in [5, 5.41) is 6.46. The van der Waals surface area contributed by atoms with E-state index in [2.05, 4.69) is 36.4 Å². The molecular formula is C14H27N3O. The summed E-state index contributed by atoms with van der Waals surface area (Å²) in [4.78, 5) is 14.7. The van der Waals surface area contributed by atoms with Gasteiger partial charge in [-0.3, -0.25) is 9.69 Å². The van der Waals surface area contributed by atoms with Crippen molar-refractivity contribution in [1.82, 2.24) is 15.5 Å². The SMILES string of the molecule is CC(CNC(=O)C1(C)CCCNC1)N(C)C1CC1. The smallest absolute Gasteiger partial charge is 0.227 e. The van der Waals surface area contributed by atoms with Gasteiger partial charge in [0.05, 0.1) is 5.41 Å². The minimum atomic E-state index is -0.212. The number of carbonyl (C=O) groups excluding carboxylic acids is 1. The third-order valence-corrected chi connectivity index (χ3v) is 4.52. The van der Waals surface area contributed by atoms with E-state index in [0.717, 1.165) is 38.5 Å². The summed E-state index contributed by atoms with van der Waals surface area (Å²) in [6, 6.07) is 1.19. The van der Waals surface area contributed by atoms with Crippen LogP contribution in [0.3, 0.4) is 0 Å². The standard InChI is InChI=1S/C14H27N3O/c1-11(17(3)12-5-6-12)9-16-13(18)14(2)7-4-8-15-10-14/h11-12,15H,4-10H2,1-3H3,(H,16,18). The summed E-state index contributed by atoms with van der Waals surface area (Å²) >= 11 is 0. The normalized spacial score (nSPS) is 30.2. The van der Waals surface area contributed by atoms with Crippen LogP contribution in [0.5, 0.6) is 0 Å². The van der Waals surface area contributed by atoms with Crippen molar-refractivity contribution in [1.29, 1.82) is 0 Å². The van der Waals surface area contributed by atoms with Crippen molar-refractivity contribution < 1.29 is 4.79 Å². The number of hydrogen-bond acceptors (Lipinski definition) is 3. The second-order valence-corrected chi connectivity index (χ2v) is 6.30. The van der Waals surface area contributed by atoms with E-state index < -0.39 is 0 Å². The summed E-state index contributed by atoms with van der Waals surface area (Å²) in [5.74, 6) is 0.214. The molecule has 2 N–H and O–H groups in total. The summed E-state index contributed by atoms with van der Waals surface area (Å²) in [6.45, 7) is 6.89. The van der Waals surface area contributed by atoms with Crippen molar-refractivity contribution in [3.05, 3.63) is 0 Å². The first-order valence-electron chi connectivity index (χ1n) is 7.24. The van der Waals surface area contributed by atoms with Gasteiger partial charge in [-0.25, -0.2) is 0 Å². The van der Waals surface area contributed by atoms with Crippen molar-refractivity contribution in [3.8, 4) is 0 Å². The molecule has 1 saturated carbocycles. The highest BCUT2D eigenvalue weighted by Gasteiger charge is 2.35. The Bertz CT molecular complexity index is 295. The zero-order chi connectivity index (χ0) is 13.2. The Kier molecular flexibility index (Phi) is 4.28. The van der Waals surface area contributed by atoms with Gasteiger partial charge in [0, 0.05) is 25.2 Å². The third-order valence-electron chi connectivity index (χ3n) is 4.52. The number of rotatable bonds is 5. The molecule has 0 bridgehead atoms. The lowest BCUT2D eigenvalue weighted by Crippen LogP contribution is -2.51. The molecule has 104 valence electrons. The van der Waals surface area contributed by atoms with Crippen molar-refractivity contribution in [3.63, 3.8) is 0 Å². The minimum absolute atomic E-state index is 0.212. The van der Waals surface area contributed by atoms with E-state index in [1.807, 2.05) is 0 Å². The lowest BCUT2D eigenvalue weighted by molar-refractivity contribution is -0.131. The summed E-state index contributed by atoms with van der Waals surface area (Å²) in [7, 11) is 2.17. The lowest BCUT2D eigenvalue weighted by atomic mass is 9.82. The number of nitrogens with zero attached hydrogens (tertiary/aromatic N) is 1. The molecule has 2 fully saturated rings. The van der Waals surface area contributed by atoms with Gasteiger partial charge in [-0.2, -0.15) is 0 Å². The maximum Gasteiger partial charge on any atom is 0.227 e. The number of nitrogens with one attached hydrogen (secondary N) is 2. The Morgan fingerprint density at radius 1 is 1.56 bits per heavy atom. The first-order valence-corrected chi connectivity index (χ1v) is 7.24. The zero-order valence-electron chi connectivity index (χ0n) is 12.0. The van der Waals surface area contributed by atoms with E-state index in [9.17, 15) is 4.79 Å². The Hall–Kier alpha value is -0.610. The fourth-order valence-corrected chi connectivity index (χ4v) is 2.69. The second kappa shape index (κ2) is 5.57. The average Bonchev–Trinajstić information content (AvgIpc) is 3.19. The molecule has 0 aromatic carbocycles. The Morgan fingerprint density at radius 3 is 2.83 bits per heavy atom. The van der Waals surface area contributed by atoms with Crippen LogP contribution in [0.1, 0.15) is 39.5 Å². The number of piperidine rings is 1. The quantitative estimate of drug-likeness (QED) is 0.767. The molecule has 2 aliphatic rings. The van der Waals surface area contributed by atoms with E-state index >= 15 is 0 Å². The Morgan fingerprint density at radius 2 is 2.28 bits per heavy atom. The number of amides is 1. The van der Waals surface area contributed by atoms with Gasteiger partial charge in [0.2, 0.25) is 5.91 Å². The number of hydrogen-bond donors (Lipinski definition) is 2. The van der Waals surface area contributed by atoms with Crippen LogP contribution in [-0.4, -0.2) is 49.6 Å². The predicted octanol–water partition coefficient (Wildman–Crippen LogP) is 0.975. The van der Waals surface area contributed by atoms with Crippen molar-refractivity contribution >= 4 is 5.91 Å². The largest absolute Gasteiger partial charge is 0.354 e. The van der Waals surface area contributed by atoms with E-state index in [1.54, 1.807) is 0 Å². The lowest BCUT2D eigenvalue weighted by Gasteiger charge is -2.33. The molecule has 1 heterocycles. The second-order valence-electron chi connectivity index (χ2n) is 6.30. The van der Waals surface area contributed by atoms with Gasteiger partial charge in [0.1, 0.15) is 0 Å². The average molecular weight is 253 g/mol. The van der Waals surface area contributed by atoms with Gasteiger partial charge >= 0.3 is 0 Å². The first kappa shape index (κ1) is 13.8. The van der Waals surface area contributed by atoms with Crippen LogP contribution in [-0.2, 0) is 4.79 Å². The van der Waals surface area contributed by atoms with Crippen molar-refractivity contribution in [2.24, 2.45) is 5.41 Å². The number of likely N-dealkylation sites (N-methyl/N-ethyl adjacent to an activating group) is 1. The van der Waals surface area contributed by atoms with Crippen LogP contribution in [0, 0.1) is 5.41 Å². The molecule has 4 heteroatoms. The molecular weight excluding hydrogens is 226 g/mol. The van der Waals surface area contributed by atoms with E-state index in [-0.39, 0.29) is 11.3 Å². The third kappa shape index (κ3) is 3.23. The highest BCUT2D eigenvalue weighted by atomic mass is 16.2. The summed E-state index contributed by atoms with van der Waals surface area (Å²) < 4.78 is 0. The van der Waals surface area contributed by atoms with Crippen molar-refractivity contribution in [2.45, 2.75) is 51.6 Å². The summed E-state index contributed by atoms with van der Waals surface area (Å²) in [5.41, 5.74) is -0.212. The molecule has 1 aliphatic carbocycles. The molecule has 0 radical (unpaired) electrons. The fraction of sp³-hybridized carbons (Fsp3) is 0.929. The highest BCUT2D eigenvalue weighted by Crippen LogP contribution is 2.27. The topological polar surface area (TPSA) is 44.4 Å². The monoisotopic (exact) mass is 253 g/mol. The molecule has 2 rings (SSSR count). The molecule has 4 nitrogen and oxygen atoms in total. The van der Waals surface area contributed by atoms with Gasteiger partial charge in [-0.15, -0.1) is 0 Å². The molecule has 1 saturated heterocycles. The van der Waals surface area contributed by atoms with E-state index in [1.165, 1.54) is 12.8 Å². The highest BCUT2D eigenvalue weighted by molar-refractivity contribution is 5.82. The van der Waals surface area contributed by atoms with Gasteiger partial charge in [-0.05, 0) is 53.1 Å². The van der Waals surface area contributed by atoms with Gasteiger partial charge in [-0.1, -0.05) is 0 Å².